The summed E-state index contributed by atoms with van der Waals surface area (Å²) in [6, 6.07) is 48.1. The lowest BCUT2D eigenvalue weighted by molar-refractivity contribution is 0.518. The Morgan fingerprint density at radius 1 is 0.525 bits per heavy atom. The SMILES string of the molecule is Cc1ccc2c(-c3ccccc3)c(-c3ccccc3)c(C#N)c3c2c1C(c1ccccc1)=C(c1ccccc1)O3. The predicted molar refractivity (Wildman–Crippen MR) is 164 cm³/mol. The molecule has 0 saturated carbocycles. The minimum absolute atomic E-state index is 0.546. The number of nitrogens with zero attached hydrogens (tertiary/aromatic N) is 1. The Kier molecular flexibility index (Phi) is 5.77. The van der Waals surface area contributed by atoms with Crippen LogP contribution in [0.1, 0.15) is 27.8 Å². The molecule has 1 aliphatic rings. The fourth-order valence-corrected chi connectivity index (χ4v) is 5.92. The summed E-state index contributed by atoms with van der Waals surface area (Å²) in [5, 5.41) is 12.9. The fourth-order valence-electron chi connectivity index (χ4n) is 5.92. The first kappa shape index (κ1) is 23.7. The van der Waals surface area contributed by atoms with E-state index in [1.165, 1.54) is 0 Å². The van der Waals surface area contributed by atoms with Gasteiger partial charge in [0.25, 0.3) is 0 Å². The van der Waals surface area contributed by atoms with Gasteiger partial charge in [-0.1, -0.05) is 133 Å². The summed E-state index contributed by atoms with van der Waals surface area (Å²) < 4.78 is 6.94. The zero-order chi connectivity index (χ0) is 27.1. The van der Waals surface area contributed by atoms with Crippen LogP contribution in [0.15, 0.2) is 133 Å². The van der Waals surface area contributed by atoms with E-state index in [2.05, 4.69) is 97.9 Å². The standard InChI is InChI=1S/C38H25NO/c1-25-22-23-30-33(26-14-6-2-7-15-26)34(27-16-8-3-9-17-27)31(24-39)38-36(30)32(25)35(28-18-10-4-11-19-28)37(40-38)29-20-12-5-13-21-29/h2-23H,1H3. The monoisotopic (exact) mass is 511 g/mol. The molecule has 0 radical (unpaired) electrons. The van der Waals surface area contributed by atoms with E-state index in [0.29, 0.717) is 11.3 Å². The quantitative estimate of drug-likeness (QED) is 0.236. The van der Waals surface area contributed by atoms with Crippen LogP contribution in [0.25, 0.3) is 44.4 Å². The number of nitriles is 1. The van der Waals surface area contributed by atoms with Crippen molar-refractivity contribution in [1.82, 2.24) is 0 Å². The van der Waals surface area contributed by atoms with Crippen molar-refractivity contribution in [3.05, 3.63) is 161 Å². The first-order valence-corrected chi connectivity index (χ1v) is 13.4. The molecule has 0 atom stereocenters. The molecule has 0 spiro atoms. The van der Waals surface area contributed by atoms with Gasteiger partial charge in [0, 0.05) is 27.6 Å². The molecule has 1 heterocycles. The second-order valence-corrected chi connectivity index (χ2v) is 10.0. The maximum atomic E-state index is 10.8. The van der Waals surface area contributed by atoms with Gasteiger partial charge in [0.1, 0.15) is 17.4 Å². The van der Waals surface area contributed by atoms with Crippen LogP contribution in [-0.4, -0.2) is 0 Å². The molecule has 188 valence electrons. The second-order valence-electron chi connectivity index (χ2n) is 10.0. The maximum Gasteiger partial charge on any atom is 0.154 e. The van der Waals surface area contributed by atoms with Crippen LogP contribution >= 0.6 is 0 Å². The first-order valence-electron chi connectivity index (χ1n) is 13.4. The molecule has 40 heavy (non-hydrogen) atoms. The molecule has 0 aliphatic carbocycles. The van der Waals surface area contributed by atoms with Gasteiger partial charge < -0.3 is 4.74 Å². The smallest absolute Gasteiger partial charge is 0.154 e. The lowest BCUT2D eigenvalue weighted by Gasteiger charge is -2.29. The molecule has 2 nitrogen and oxygen atoms in total. The molecule has 7 rings (SSSR count). The largest absolute Gasteiger partial charge is 0.454 e. The van der Waals surface area contributed by atoms with E-state index in [0.717, 1.165) is 66.6 Å². The van der Waals surface area contributed by atoms with E-state index in [4.69, 9.17) is 4.74 Å². The molecule has 1 aliphatic heterocycles. The van der Waals surface area contributed by atoms with Crippen molar-refractivity contribution in [3.8, 4) is 34.1 Å². The van der Waals surface area contributed by atoms with Gasteiger partial charge in [-0.2, -0.15) is 5.26 Å². The van der Waals surface area contributed by atoms with E-state index in [1.807, 2.05) is 48.5 Å². The molecule has 0 amide bonds. The van der Waals surface area contributed by atoms with Gasteiger partial charge in [-0.15, -0.1) is 0 Å². The number of benzene rings is 6. The second kappa shape index (κ2) is 9.73. The van der Waals surface area contributed by atoms with Gasteiger partial charge >= 0.3 is 0 Å². The van der Waals surface area contributed by atoms with Gasteiger partial charge in [0.2, 0.25) is 0 Å². The molecular formula is C38H25NO. The van der Waals surface area contributed by atoms with Crippen molar-refractivity contribution < 1.29 is 4.74 Å². The van der Waals surface area contributed by atoms with Crippen molar-refractivity contribution in [3.63, 3.8) is 0 Å². The number of aryl methyl sites for hydroxylation is 1. The summed E-state index contributed by atoms with van der Waals surface area (Å²) in [6.07, 6.45) is 0. The highest BCUT2D eigenvalue weighted by molar-refractivity contribution is 6.18. The number of ether oxygens (including phenoxy) is 1. The average Bonchev–Trinajstić information content (AvgIpc) is 3.03. The Morgan fingerprint density at radius 2 is 1.02 bits per heavy atom. The third kappa shape index (κ3) is 3.72. The van der Waals surface area contributed by atoms with Gasteiger partial charge in [0.05, 0.1) is 0 Å². The summed E-state index contributed by atoms with van der Waals surface area (Å²) in [4.78, 5) is 0. The fraction of sp³-hybridized carbons (Fsp3) is 0.0263. The highest BCUT2D eigenvalue weighted by atomic mass is 16.5. The van der Waals surface area contributed by atoms with Crippen LogP contribution < -0.4 is 4.74 Å². The van der Waals surface area contributed by atoms with Gasteiger partial charge in [0.15, 0.2) is 5.75 Å². The Balaban J connectivity index is 1.70. The summed E-state index contributed by atoms with van der Waals surface area (Å²) >= 11 is 0. The minimum atomic E-state index is 0.546. The molecule has 6 aromatic carbocycles. The van der Waals surface area contributed by atoms with Crippen LogP contribution in [0.3, 0.4) is 0 Å². The van der Waals surface area contributed by atoms with E-state index >= 15 is 0 Å². The summed E-state index contributed by atoms with van der Waals surface area (Å²) in [6.45, 7) is 2.15. The molecule has 2 heteroatoms. The number of hydrogen-bond acceptors (Lipinski definition) is 2. The van der Waals surface area contributed by atoms with E-state index in [-0.39, 0.29) is 0 Å². The third-order valence-corrected chi connectivity index (χ3v) is 7.65. The van der Waals surface area contributed by atoms with Crippen LogP contribution in [-0.2, 0) is 0 Å². The zero-order valence-corrected chi connectivity index (χ0v) is 22.1. The van der Waals surface area contributed by atoms with E-state index in [1.54, 1.807) is 0 Å². The lowest BCUT2D eigenvalue weighted by Crippen LogP contribution is -2.11. The number of hydrogen-bond donors (Lipinski definition) is 0. The Hall–Kier alpha value is -5.39. The summed E-state index contributed by atoms with van der Waals surface area (Å²) in [5.74, 6) is 1.38. The first-order chi connectivity index (χ1) is 19.8. The van der Waals surface area contributed by atoms with Crippen LogP contribution in [0.2, 0.25) is 0 Å². The zero-order valence-electron chi connectivity index (χ0n) is 22.1. The van der Waals surface area contributed by atoms with E-state index < -0.39 is 0 Å². The van der Waals surface area contributed by atoms with Gasteiger partial charge in [-0.05, 0) is 40.1 Å². The Bertz CT molecular complexity index is 1950. The van der Waals surface area contributed by atoms with Crippen molar-refractivity contribution in [2.75, 3.05) is 0 Å². The summed E-state index contributed by atoms with van der Waals surface area (Å²) in [7, 11) is 0. The van der Waals surface area contributed by atoms with Crippen molar-refractivity contribution in [2.45, 2.75) is 6.92 Å². The highest BCUT2D eigenvalue weighted by Crippen LogP contribution is 2.53. The maximum absolute atomic E-state index is 10.8. The molecule has 0 N–H and O–H groups in total. The van der Waals surface area contributed by atoms with Crippen molar-refractivity contribution in [2.24, 2.45) is 0 Å². The molecular weight excluding hydrogens is 486 g/mol. The minimum Gasteiger partial charge on any atom is -0.454 e. The van der Waals surface area contributed by atoms with Crippen LogP contribution in [0.5, 0.6) is 5.75 Å². The lowest BCUT2D eigenvalue weighted by atomic mass is 9.80. The Morgan fingerprint density at radius 3 is 1.57 bits per heavy atom. The molecule has 0 saturated heterocycles. The van der Waals surface area contributed by atoms with Crippen LogP contribution in [0.4, 0.5) is 0 Å². The van der Waals surface area contributed by atoms with Crippen LogP contribution in [0, 0.1) is 18.3 Å². The molecule has 0 unspecified atom stereocenters. The molecule has 6 aromatic rings. The molecule has 0 aromatic heterocycles. The van der Waals surface area contributed by atoms with E-state index in [9.17, 15) is 5.26 Å². The van der Waals surface area contributed by atoms with Crippen molar-refractivity contribution in [1.29, 1.82) is 5.26 Å². The normalized spacial score (nSPS) is 12.2. The Labute approximate surface area is 234 Å². The predicted octanol–water partition coefficient (Wildman–Crippen LogP) is 9.66. The number of rotatable bonds is 4. The molecule has 0 bridgehead atoms. The summed E-state index contributed by atoms with van der Waals surface area (Å²) in [5.41, 5.74) is 9.87. The topological polar surface area (TPSA) is 33.0 Å². The third-order valence-electron chi connectivity index (χ3n) is 7.65. The average molecular weight is 512 g/mol. The molecule has 0 fully saturated rings. The highest BCUT2D eigenvalue weighted by Gasteiger charge is 2.32. The van der Waals surface area contributed by atoms with Gasteiger partial charge in [-0.25, -0.2) is 0 Å². The van der Waals surface area contributed by atoms with Gasteiger partial charge in [-0.3, -0.25) is 0 Å². The van der Waals surface area contributed by atoms with Crippen molar-refractivity contribution >= 4 is 22.1 Å².